The van der Waals surface area contributed by atoms with Crippen LogP contribution in [-0.2, 0) is 19.1 Å². The van der Waals surface area contributed by atoms with E-state index in [9.17, 15) is 9.59 Å². The summed E-state index contributed by atoms with van der Waals surface area (Å²) < 4.78 is 11.4. The molecule has 9 nitrogen and oxygen atoms in total. The zero-order valence-corrected chi connectivity index (χ0v) is 30.4. The van der Waals surface area contributed by atoms with Gasteiger partial charge < -0.3 is 19.4 Å². The fraction of sp³-hybridized carbons (Fsp3) is 0.465. The van der Waals surface area contributed by atoms with Gasteiger partial charge in [0.1, 0.15) is 5.82 Å². The number of allylic oxidation sites excluding steroid dienone is 1. The third kappa shape index (κ3) is 5.77. The molecule has 1 N–H and O–H groups in total. The molecule has 9 heteroatoms. The lowest BCUT2D eigenvalue weighted by atomic mass is 9.82. The van der Waals surface area contributed by atoms with Gasteiger partial charge in [0.05, 0.1) is 54.4 Å². The Morgan fingerprint density at radius 1 is 0.942 bits per heavy atom. The van der Waals surface area contributed by atoms with Gasteiger partial charge in [-0.1, -0.05) is 51.0 Å². The number of ether oxygens (including phenoxy) is 2. The molecular formula is C43H47N5O4. The van der Waals surface area contributed by atoms with Crippen molar-refractivity contribution in [1.29, 1.82) is 0 Å². The molecule has 5 aliphatic rings. The summed E-state index contributed by atoms with van der Waals surface area (Å²) in [6.45, 7) is 4.67. The SMILES string of the molecule is COC(=O)C[C@H](C(=O)N1CCC[C@H]1C1=NC=C(c2ccc(-c3ccc(-c4ccc5nc(C6CCCC6)[nH]c5c4)c4c3C3CCC4O3)nc2)C1)C(C)C. The number of benzene rings is 2. The van der Waals surface area contributed by atoms with Gasteiger partial charge in [-0.2, -0.15) is 0 Å². The molecule has 0 radical (unpaired) electrons. The molecule has 4 aliphatic heterocycles. The van der Waals surface area contributed by atoms with Gasteiger partial charge >= 0.3 is 5.97 Å². The molecule has 2 aromatic heterocycles. The molecular weight excluding hydrogens is 651 g/mol. The molecule has 3 fully saturated rings. The van der Waals surface area contributed by atoms with E-state index in [2.05, 4.69) is 47.4 Å². The van der Waals surface area contributed by atoms with E-state index in [1.54, 1.807) is 0 Å². The van der Waals surface area contributed by atoms with Crippen LogP contribution in [0.15, 0.2) is 59.9 Å². The molecule has 268 valence electrons. The van der Waals surface area contributed by atoms with Crippen LogP contribution in [0.3, 0.4) is 0 Å². The van der Waals surface area contributed by atoms with E-state index in [1.165, 1.54) is 55.0 Å². The number of aromatic amines is 1. The highest BCUT2D eigenvalue weighted by Gasteiger charge is 2.42. The second-order valence-electron chi connectivity index (χ2n) is 15.7. The number of likely N-dealkylation sites (tertiary alicyclic amines) is 1. The highest BCUT2D eigenvalue weighted by atomic mass is 16.5. The molecule has 52 heavy (non-hydrogen) atoms. The molecule has 9 rings (SSSR count). The van der Waals surface area contributed by atoms with Gasteiger partial charge in [-0.25, -0.2) is 4.98 Å². The second kappa shape index (κ2) is 13.4. The third-order valence-electron chi connectivity index (χ3n) is 12.3. The summed E-state index contributed by atoms with van der Waals surface area (Å²) in [6.07, 6.45) is 13.8. The predicted molar refractivity (Wildman–Crippen MR) is 201 cm³/mol. The van der Waals surface area contributed by atoms with Crippen molar-refractivity contribution in [1.82, 2.24) is 19.9 Å². The van der Waals surface area contributed by atoms with Gasteiger partial charge in [-0.15, -0.1) is 0 Å². The van der Waals surface area contributed by atoms with Crippen LogP contribution < -0.4 is 0 Å². The molecule has 1 saturated carbocycles. The molecule has 2 unspecified atom stereocenters. The first kappa shape index (κ1) is 33.2. The zero-order chi connectivity index (χ0) is 35.5. The number of aromatic nitrogens is 3. The molecule has 0 spiro atoms. The number of hydrogen-bond donors (Lipinski definition) is 1. The summed E-state index contributed by atoms with van der Waals surface area (Å²) in [6, 6.07) is 15.4. The Balaban J connectivity index is 0.936. The number of carbonyl (C=O) groups is 2. The van der Waals surface area contributed by atoms with Crippen LogP contribution in [0.4, 0.5) is 0 Å². The van der Waals surface area contributed by atoms with Gasteiger partial charge in [-0.05, 0) is 96.0 Å². The van der Waals surface area contributed by atoms with Crippen LogP contribution >= 0.6 is 0 Å². The van der Waals surface area contributed by atoms with Gasteiger partial charge in [0.25, 0.3) is 0 Å². The Hall–Kier alpha value is -4.63. The smallest absolute Gasteiger partial charge is 0.306 e. The van der Waals surface area contributed by atoms with Gasteiger partial charge in [0.2, 0.25) is 5.91 Å². The number of amides is 1. The van der Waals surface area contributed by atoms with Crippen LogP contribution in [0, 0.1) is 11.8 Å². The number of rotatable bonds is 9. The van der Waals surface area contributed by atoms with Crippen molar-refractivity contribution in [2.75, 3.05) is 13.7 Å². The van der Waals surface area contributed by atoms with Gasteiger partial charge in [-0.3, -0.25) is 19.6 Å². The second-order valence-corrected chi connectivity index (χ2v) is 15.7. The van der Waals surface area contributed by atoms with E-state index in [0.717, 1.165) is 70.6 Å². The fourth-order valence-electron chi connectivity index (χ4n) is 9.49. The lowest BCUT2D eigenvalue weighted by Gasteiger charge is -2.30. The molecule has 2 bridgehead atoms. The third-order valence-corrected chi connectivity index (χ3v) is 12.3. The van der Waals surface area contributed by atoms with E-state index < -0.39 is 5.92 Å². The van der Waals surface area contributed by atoms with Gasteiger partial charge in [0, 0.05) is 42.6 Å². The van der Waals surface area contributed by atoms with Crippen molar-refractivity contribution in [3.8, 4) is 22.4 Å². The number of pyridine rings is 1. The summed E-state index contributed by atoms with van der Waals surface area (Å²) >= 11 is 0. The number of aliphatic imine (C=N–C) groups is 1. The number of imidazole rings is 1. The Labute approximate surface area is 304 Å². The van der Waals surface area contributed by atoms with E-state index >= 15 is 0 Å². The minimum Gasteiger partial charge on any atom is -0.469 e. The maximum atomic E-state index is 13.7. The number of nitrogens with one attached hydrogen (secondary N) is 1. The highest BCUT2D eigenvalue weighted by Crippen LogP contribution is 2.56. The number of methoxy groups -OCH3 is 1. The van der Waals surface area contributed by atoms with Crippen LogP contribution in [0.5, 0.6) is 0 Å². The van der Waals surface area contributed by atoms with Gasteiger partial charge in [0.15, 0.2) is 0 Å². The minimum atomic E-state index is -0.398. The van der Waals surface area contributed by atoms with Crippen LogP contribution in [0.25, 0.3) is 39.0 Å². The number of fused-ring (bicyclic) bond motifs is 6. The number of H-pyrrole nitrogens is 1. The van der Waals surface area contributed by atoms with E-state index in [-0.39, 0.29) is 42.5 Å². The summed E-state index contributed by atoms with van der Waals surface area (Å²) in [5.74, 6) is 1.01. The molecule has 2 saturated heterocycles. The predicted octanol–water partition coefficient (Wildman–Crippen LogP) is 8.87. The zero-order valence-electron chi connectivity index (χ0n) is 30.4. The molecule has 1 amide bonds. The number of hydrogen-bond acceptors (Lipinski definition) is 7. The van der Waals surface area contributed by atoms with Crippen molar-refractivity contribution in [2.24, 2.45) is 16.8 Å². The van der Waals surface area contributed by atoms with Crippen LogP contribution in [0.1, 0.15) is 119 Å². The first-order valence-electron chi connectivity index (χ1n) is 19.3. The van der Waals surface area contributed by atoms with Crippen molar-refractivity contribution in [3.63, 3.8) is 0 Å². The average Bonchev–Trinajstić information content (AvgIpc) is 4.02. The Morgan fingerprint density at radius 2 is 1.71 bits per heavy atom. The average molecular weight is 698 g/mol. The number of carbonyl (C=O) groups excluding carboxylic acids is 2. The van der Waals surface area contributed by atoms with Crippen molar-refractivity contribution >= 4 is 34.2 Å². The maximum absolute atomic E-state index is 13.7. The first-order chi connectivity index (χ1) is 25.4. The molecule has 1 aliphatic carbocycles. The summed E-state index contributed by atoms with van der Waals surface area (Å²) in [4.78, 5) is 46.2. The number of nitrogens with zero attached hydrogens (tertiary/aromatic N) is 4. The standard InChI is InChI=1S/C43H47N5O4/c1-24(2)31(21-39(49)51-3)43(50)48-18-6-9-36(48)35-20-28(23-45-35)27-11-14-32(44-22-27)30-13-12-29(40-37-16-17-38(52-37)41(30)40)26-10-15-33-34(19-26)47-42(46-33)25-7-4-5-8-25/h10-15,19,22-25,31,36-38H,4-9,16-18,20-21H2,1-3H3,(H,46,47)/t31-,36-,37?,38?/m0/s1. The molecule has 6 heterocycles. The summed E-state index contributed by atoms with van der Waals surface area (Å²) in [5.41, 5.74) is 12.4. The van der Waals surface area contributed by atoms with Crippen molar-refractivity contribution in [3.05, 3.63) is 77.4 Å². The first-order valence-corrected chi connectivity index (χ1v) is 19.3. The van der Waals surface area contributed by atoms with Crippen LogP contribution in [-0.4, -0.2) is 57.1 Å². The van der Waals surface area contributed by atoms with E-state index in [4.69, 9.17) is 24.4 Å². The lowest BCUT2D eigenvalue weighted by molar-refractivity contribution is -0.148. The van der Waals surface area contributed by atoms with Crippen LogP contribution in [0.2, 0.25) is 0 Å². The highest BCUT2D eigenvalue weighted by molar-refractivity contribution is 6.03. The van der Waals surface area contributed by atoms with Crippen molar-refractivity contribution in [2.45, 2.75) is 102 Å². The summed E-state index contributed by atoms with van der Waals surface area (Å²) in [5, 5.41) is 0. The largest absolute Gasteiger partial charge is 0.469 e. The number of esters is 1. The fourth-order valence-corrected chi connectivity index (χ4v) is 9.49. The topological polar surface area (TPSA) is 110 Å². The monoisotopic (exact) mass is 697 g/mol. The Morgan fingerprint density at radius 3 is 2.46 bits per heavy atom. The Kier molecular flexibility index (Phi) is 8.57. The molecule has 4 atom stereocenters. The molecule has 2 aromatic carbocycles. The van der Waals surface area contributed by atoms with E-state index in [0.29, 0.717) is 18.9 Å². The normalized spacial score (nSPS) is 23.1. The maximum Gasteiger partial charge on any atom is 0.306 e. The Bertz CT molecular complexity index is 2110. The van der Waals surface area contributed by atoms with E-state index in [1.807, 2.05) is 31.1 Å². The summed E-state index contributed by atoms with van der Waals surface area (Å²) in [7, 11) is 1.38. The van der Waals surface area contributed by atoms with Crippen molar-refractivity contribution < 1.29 is 19.1 Å². The quantitative estimate of drug-likeness (QED) is 0.175. The lowest BCUT2D eigenvalue weighted by Crippen LogP contribution is -2.45. The minimum absolute atomic E-state index is 0.0246. The molecule has 4 aromatic rings.